The summed E-state index contributed by atoms with van der Waals surface area (Å²) < 4.78 is 5.17. The van der Waals surface area contributed by atoms with Gasteiger partial charge in [0, 0.05) is 6.54 Å². The van der Waals surface area contributed by atoms with Crippen molar-refractivity contribution in [2.24, 2.45) is 5.41 Å². The molecule has 0 heterocycles. The summed E-state index contributed by atoms with van der Waals surface area (Å²) in [5.74, 6) is 0.282. The molecule has 18 heavy (non-hydrogen) atoms. The second-order valence-corrected chi connectivity index (χ2v) is 5.13. The Hall–Kier alpha value is -1.71. The van der Waals surface area contributed by atoms with Crippen LogP contribution in [0.2, 0.25) is 0 Å². The van der Waals surface area contributed by atoms with Gasteiger partial charge < -0.3 is 15.8 Å². The molecule has 1 rings (SSSR count). The Morgan fingerprint density at radius 3 is 2.67 bits per heavy atom. The number of benzene rings is 1. The zero-order chi connectivity index (χ0) is 13.8. The number of hydrogen-bond donors (Lipinski definition) is 2. The zero-order valence-electron chi connectivity index (χ0n) is 11.5. The molecule has 3 N–H and O–H groups in total. The zero-order valence-corrected chi connectivity index (χ0v) is 11.5. The van der Waals surface area contributed by atoms with E-state index in [-0.39, 0.29) is 11.3 Å². The average Bonchev–Trinajstić information content (AvgIpc) is 2.35. The van der Waals surface area contributed by atoms with Gasteiger partial charge >= 0.3 is 0 Å². The van der Waals surface area contributed by atoms with Crippen molar-refractivity contribution in [1.29, 1.82) is 0 Å². The number of para-hydroxylation sites is 1. The number of nitrogen functional groups attached to an aromatic ring is 1. The Kier molecular flexibility index (Phi) is 4.59. The van der Waals surface area contributed by atoms with Gasteiger partial charge in [0.05, 0.1) is 18.4 Å². The fourth-order valence-corrected chi connectivity index (χ4v) is 1.50. The Balaban J connectivity index is 2.82. The highest BCUT2D eigenvalue weighted by molar-refractivity contribution is 5.98. The lowest BCUT2D eigenvalue weighted by Gasteiger charge is -2.23. The Morgan fingerprint density at radius 2 is 2.11 bits per heavy atom. The monoisotopic (exact) mass is 250 g/mol. The molecule has 0 unspecified atom stereocenters. The van der Waals surface area contributed by atoms with Crippen molar-refractivity contribution in [3.8, 4) is 5.75 Å². The van der Waals surface area contributed by atoms with E-state index in [2.05, 4.69) is 26.1 Å². The molecule has 1 aromatic rings. The minimum atomic E-state index is -0.152. The summed E-state index contributed by atoms with van der Waals surface area (Å²) in [4.78, 5) is 12.1. The number of carbonyl (C=O) groups excluding carboxylic acids is 1. The molecule has 1 aromatic carbocycles. The van der Waals surface area contributed by atoms with E-state index < -0.39 is 0 Å². The molecule has 4 nitrogen and oxygen atoms in total. The van der Waals surface area contributed by atoms with E-state index >= 15 is 0 Å². The van der Waals surface area contributed by atoms with Crippen molar-refractivity contribution >= 4 is 11.6 Å². The Labute approximate surface area is 109 Å². The van der Waals surface area contributed by atoms with Crippen LogP contribution in [-0.4, -0.2) is 19.6 Å². The maximum absolute atomic E-state index is 12.1. The van der Waals surface area contributed by atoms with Crippen molar-refractivity contribution in [2.45, 2.75) is 27.2 Å². The molecule has 4 heteroatoms. The summed E-state index contributed by atoms with van der Waals surface area (Å²) in [6, 6.07) is 5.17. The van der Waals surface area contributed by atoms with Crippen LogP contribution in [0.1, 0.15) is 37.6 Å². The molecular weight excluding hydrogens is 228 g/mol. The molecule has 0 aliphatic carbocycles. The molecule has 100 valence electrons. The molecule has 0 fully saturated rings. The Bertz CT molecular complexity index is 428. The third-order valence-electron chi connectivity index (χ3n) is 3.18. The number of nitrogens with one attached hydrogen (secondary N) is 1. The van der Waals surface area contributed by atoms with E-state index in [4.69, 9.17) is 10.5 Å². The van der Waals surface area contributed by atoms with E-state index in [0.717, 1.165) is 6.42 Å². The number of nitrogens with two attached hydrogens (primary N) is 1. The lowest BCUT2D eigenvalue weighted by molar-refractivity contribution is 0.0933. The summed E-state index contributed by atoms with van der Waals surface area (Å²) in [6.45, 7) is 6.96. The lowest BCUT2D eigenvalue weighted by Crippen LogP contribution is -2.33. The number of methoxy groups -OCH3 is 1. The number of rotatable bonds is 5. The van der Waals surface area contributed by atoms with Crippen molar-refractivity contribution < 1.29 is 9.53 Å². The van der Waals surface area contributed by atoms with Gasteiger partial charge in [0.25, 0.3) is 5.91 Å². The number of carbonyl (C=O) groups is 1. The van der Waals surface area contributed by atoms with Crippen molar-refractivity contribution in [3.05, 3.63) is 23.8 Å². The van der Waals surface area contributed by atoms with Crippen LogP contribution >= 0.6 is 0 Å². The van der Waals surface area contributed by atoms with Crippen LogP contribution in [0.15, 0.2) is 18.2 Å². The van der Waals surface area contributed by atoms with Crippen molar-refractivity contribution in [3.63, 3.8) is 0 Å². The van der Waals surface area contributed by atoms with Crippen LogP contribution in [-0.2, 0) is 0 Å². The SMILES string of the molecule is CCC(C)(C)CNC(=O)c1cccc(N)c1OC. The van der Waals surface area contributed by atoms with Crippen LogP contribution in [0.25, 0.3) is 0 Å². The van der Waals surface area contributed by atoms with Gasteiger partial charge in [-0.1, -0.05) is 26.8 Å². The average molecular weight is 250 g/mol. The summed E-state index contributed by atoms with van der Waals surface area (Å²) in [7, 11) is 1.51. The molecule has 1 amide bonds. The standard InChI is InChI=1S/C14H22N2O2/c1-5-14(2,3)9-16-13(17)10-7-6-8-11(15)12(10)18-4/h6-8H,5,9,15H2,1-4H3,(H,16,17). The topological polar surface area (TPSA) is 64.4 Å². The van der Waals surface area contributed by atoms with Crippen LogP contribution in [0.5, 0.6) is 5.75 Å². The van der Waals surface area contributed by atoms with E-state index in [1.54, 1.807) is 18.2 Å². The van der Waals surface area contributed by atoms with Crippen LogP contribution < -0.4 is 15.8 Å². The maximum Gasteiger partial charge on any atom is 0.255 e. The smallest absolute Gasteiger partial charge is 0.255 e. The van der Waals surface area contributed by atoms with Crippen molar-refractivity contribution in [1.82, 2.24) is 5.32 Å². The number of anilines is 1. The molecule has 0 aromatic heterocycles. The number of hydrogen-bond acceptors (Lipinski definition) is 3. The summed E-state index contributed by atoms with van der Waals surface area (Å²) in [6.07, 6.45) is 1.00. The van der Waals surface area contributed by atoms with Gasteiger partial charge in [0.2, 0.25) is 0 Å². The van der Waals surface area contributed by atoms with Gasteiger partial charge in [0.1, 0.15) is 0 Å². The molecule has 0 atom stereocenters. The highest BCUT2D eigenvalue weighted by Gasteiger charge is 2.19. The van der Waals surface area contributed by atoms with Crippen LogP contribution in [0.3, 0.4) is 0 Å². The number of ether oxygens (including phenoxy) is 1. The van der Waals surface area contributed by atoms with Crippen molar-refractivity contribution in [2.75, 3.05) is 19.4 Å². The first kappa shape index (κ1) is 14.4. The predicted octanol–water partition coefficient (Wildman–Crippen LogP) is 2.44. The second-order valence-electron chi connectivity index (χ2n) is 5.13. The number of amides is 1. The fraction of sp³-hybridized carbons (Fsp3) is 0.500. The maximum atomic E-state index is 12.1. The minimum Gasteiger partial charge on any atom is -0.494 e. The largest absolute Gasteiger partial charge is 0.494 e. The van der Waals surface area contributed by atoms with Crippen LogP contribution in [0.4, 0.5) is 5.69 Å². The molecular formula is C14H22N2O2. The summed E-state index contributed by atoms with van der Waals surface area (Å²) in [5, 5.41) is 2.92. The highest BCUT2D eigenvalue weighted by Crippen LogP contribution is 2.26. The van der Waals surface area contributed by atoms with E-state index in [1.807, 2.05) is 0 Å². The van der Waals surface area contributed by atoms with Gasteiger partial charge in [-0.25, -0.2) is 0 Å². The first-order valence-electron chi connectivity index (χ1n) is 6.12. The van der Waals surface area contributed by atoms with E-state index in [0.29, 0.717) is 23.5 Å². The van der Waals surface area contributed by atoms with Gasteiger partial charge in [-0.3, -0.25) is 4.79 Å². The third kappa shape index (κ3) is 3.39. The third-order valence-corrected chi connectivity index (χ3v) is 3.18. The first-order valence-corrected chi connectivity index (χ1v) is 6.12. The second kappa shape index (κ2) is 5.76. The quantitative estimate of drug-likeness (QED) is 0.789. The molecule has 0 radical (unpaired) electrons. The molecule has 0 spiro atoms. The highest BCUT2D eigenvalue weighted by atomic mass is 16.5. The lowest BCUT2D eigenvalue weighted by atomic mass is 9.90. The minimum absolute atomic E-state index is 0.0865. The molecule has 0 saturated heterocycles. The molecule has 0 aliphatic heterocycles. The van der Waals surface area contributed by atoms with Crippen LogP contribution in [0, 0.1) is 5.41 Å². The van der Waals surface area contributed by atoms with Gasteiger partial charge in [-0.2, -0.15) is 0 Å². The van der Waals surface area contributed by atoms with E-state index in [1.165, 1.54) is 7.11 Å². The molecule has 0 saturated carbocycles. The fourth-order valence-electron chi connectivity index (χ4n) is 1.50. The molecule has 0 aliphatic rings. The summed E-state index contributed by atoms with van der Waals surface area (Å²) in [5.41, 5.74) is 6.81. The Morgan fingerprint density at radius 1 is 1.44 bits per heavy atom. The van der Waals surface area contributed by atoms with E-state index in [9.17, 15) is 4.79 Å². The predicted molar refractivity (Wildman–Crippen MR) is 73.8 cm³/mol. The van der Waals surface area contributed by atoms with Gasteiger partial charge in [0.15, 0.2) is 5.75 Å². The molecule has 0 bridgehead atoms. The van der Waals surface area contributed by atoms with Gasteiger partial charge in [-0.15, -0.1) is 0 Å². The normalized spacial score (nSPS) is 11.1. The summed E-state index contributed by atoms with van der Waals surface area (Å²) >= 11 is 0. The van der Waals surface area contributed by atoms with Gasteiger partial charge in [-0.05, 0) is 24.0 Å². The first-order chi connectivity index (χ1) is 8.41.